The topological polar surface area (TPSA) is 89.9 Å². The quantitative estimate of drug-likeness (QED) is 0.271. The molecule has 1 N–H and O–H groups in total. The van der Waals surface area contributed by atoms with Gasteiger partial charge < -0.3 is 9.47 Å². The van der Waals surface area contributed by atoms with E-state index in [1.807, 2.05) is 0 Å². The van der Waals surface area contributed by atoms with Gasteiger partial charge in [-0.15, -0.1) is 0 Å². The average molecular weight is 374 g/mol. The van der Waals surface area contributed by atoms with Crippen molar-refractivity contribution in [2.45, 2.75) is 32.1 Å². The molecular weight excluding hydrogens is 360 g/mol. The zero-order valence-electron chi connectivity index (χ0n) is 12.8. The maximum atomic E-state index is 13.6. The van der Waals surface area contributed by atoms with Gasteiger partial charge in [0.25, 0.3) is 0 Å². The Balaban J connectivity index is 3.10. The van der Waals surface area contributed by atoms with Crippen LogP contribution in [0, 0.1) is 28.7 Å². The van der Waals surface area contributed by atoms with E-state index in [4.69, 9.17) is 4.55 Å². The number of carbonyl (C=O) groups is 1. The smallest absolute Gasteiger partial charge is 0.314 e. The van der Waals surface area contributed by atoms with Gasteiger partial charge in [-0.2, -0.15) is 17.2 Å². The Labute approximate surface area is 135 Å². The molecule has 1 aromatic carbocycles. The van der Waals surface area contributed by atoms with Crippen molar-refractivity contribution in [3.63, 3.8) is 0 Å². The number of esters is 1. The summed E-state index contributed by atoms with van der Waals surface area (Å²) in [5.41, 5.74) is -0.925. The van der Waals surface area contributed by atoms with Gasteiger partial charge in [0.1, 0.15) is 0 Å². The summed E-state index contributed by atoms with van der Waals surface area (Å²) in [6.45, 7) is 3.66. The number of rotatable bonds is 6. The van der Waals surface area contributed by atoms with Gasteiger partial charge in [-0.3, -0.25) is 9.35 Å². The van der Waals surface area contributed by atoms with Crippen LogP contribution < -0.4 is 4.74 Å². The van der Waals surface area contributed by atoms with Crippen molar-refractivity contribution in [3.8, 4) is 5.75 Å². The SMILES string of the molecule is CCC(C)(C)C(=O)OCOc1c(F)c(F)c(S(=O)(=O)O)c(F)c1F. The summed E-state index contributed by atoms with van der Waals surface area (Å²) < 4.78 is 93.4. The third-order valence-corrected chi connectivity index (χ3v) is 4.14. The summed E-state index contributed by atoms with van der Waals surface area (Å²) in [4.78, 5) is 9.44. The summed E-state index contributed by atoms with van der Waals surface area (Å²) >= 11 is 0. The summed E-state index contributed by atoms with van der Waals surface area (Å²) in [6.07, 6.45) is 0.376. The van der Waals surface area contributed by atoms with E-state index in [-0.39, 0.29) is 0 Å². The van der Waals surface area contributed by atoms with Crippen LogP contribution in [-0.4, -0.2) is 25.7 Å². The first-order valence-electron chi connectivity index (χ1n) is 6.48. The molecule has 0 spiro atoms. The number of carbonyl (C=O) groups excluding carboxylic acids is 1. The van der Waals surface area contributed by atoms with Crippen molar-refractivity contribution in [1.82, 2.24) is 0 Å². The van der Waals surface area contributed by atoms with Crippen molar-refractivity contribution in [1.29, 1.82) is 0 Å². The molecule has 0 radical (unpaired) electrons. The minimum atomic E-state index is -5.55. The van der Waals surface area contributed by atoms with E-state index in [0.717, 1.165) is 0 Å². The van der Waals surface area contributed by atoms with Crippen molar-refractivity contribution >= 4 is 16.1 Å². The van der Waals surface area contributed by atoms with E-state index in [2.05, 4.69) is 9.47 Å². The fourth-order valence-electron chi connectivity index (χ4n) is 1.43. The predicted octanol–water partition coefficient (Wildman–Crippen LogP) is 2.81. The molecule has 6 nitrogen and oxygen atoms in total. The molecule has 0 aliphatic heterocycles. The van der Waals surface area contributed by atoms with E-state index in [1.54, 1.807) is 6.92 Å². The Hall–Kier alpha value is -1.88. The van der Waals surface area contributed by atoms with Crippen molar-refractivity contribution < 1.29 is 44.8 Å². The summed E-state index contributed by atoms with van der Waals surface area (Å²) in [5.74, 6) is -11.6. The van der Waals surface area contributed by atoms with Gasteiger partial charge >= 0.3 is 16.1 Å². The Bertz CT molecular complexity index is 731. The lowest BCUT2D eigenvalue weighted by Gasteiger charge is -2.20. The second kappa shape index (κ2) is 6.93. The zero-order valence-corrected chi connectivity index (χ0v) is 13.6. The second-order valence-electron chi connectivity index (χ2n) is 5.32. The lowest BCUT2D eigenvalue weighted by molar-refractivity contribution is -0.161. The first-order valence-corrected chi connectivity index (χ1v) is 7.92. The van der Waals surface area contributed by atoms with Crippen LogP contribution >= 0.6 is 0 Å². The molecule has 1 aromatic rings. The van der Waals surface area contributed by atoms with Crippen LogP contribution in [0.3, 0.4) is 0 Å². The summed E-state index contributed by atoms with van der Waals surface area (Å²) in [6, 6.07) is 0. The number of ether oxygens (including phenoxy) is 2. The highest BCUT2D eigenvalue weighted by Crippen LogP contribution is 2.32. The van der Waals surface area contributed by atoms with Crippen LogP contribution in [-0.2, 0) is 19.6 Å². The molecular formula is C13H14F4O6S. The number of benzene rings is 1. The van der Waals surface area contributed by atoms with Crippen LogP contribution in [0.15, 0.2) is 4.90 Å². The summed E-state index contributed by atoms with van der Waals surface area (Å²) in [5, 5.41) is 0. The van der Waals surface area contributed by atoms with E-state index in [9.17, 15) is 30.8 Å². The fourth-order valence-corrected chi connectivity index (χ4v) is 2.06. The molecule has 0 aliphatic rings. The molecule has 0 fully saturated rings. The Kier molecular flexibility index (Phi) is 5.82. The maximum absolute atomic E-state index is 13.6. The molecule has 0 aliphatic carbocycles. The molecule has 0 bridgehead atoms. The van der Waals surface area contributed by atoms with Gasteiger partial charge in [-0.25, -0.2) is 8.78 Å². The highest BCUT2D eigenvalue weighted by Gasteiger charge is 2.33. The van der Waals surface area contributed by atoms with E-state index >= 15 is 0 Å². The molecule has 0 amide bonds. The van der Waals surface area contributed by atoms with Crippen molar-refractivity contribution in [2.24, 2.45) is 5.41 Å². The number of hydrogen-bond donors (Lipinski definition) is 1. The van der Waals surface area contributed by atoms with Crippen LogP contribution in [0.2, 0.25) is 0 Å². The van der Waals surface area contributed by atoms with Gasteiger partial charge in [-0.05, 0) is 20.3 Å². The second-order valence-corrected chi connectivity index (χ2v) is 6.68. The first-order chi connectivity index (χ1) is 10.8. The molecule has 0 atom stereocenters. The van der Waals surface area contributed by atoms with Crippen molar-refractivity contribution in [2.75, 3.05) is 6.79 Å². The van der Waals surface area contributed by atoms with Crippen LogP contribution in [0.1, 0.15) is 27.2 Å². The molecule has 0 aromatic heterocycles. The number of halogens is 4. The largest absolute Gasteiger partial charge is 0.451 e. The normalized spacial score (nSPS) is 12.2. The fraction of sp³-hybridized carbons (Fsp3) is 0.462. The molecule has 0 saturated heterocycles. The standard InChI is InChI=1S/C13H14F4O6S/c1-4-13(2,3)12(18)23-5-22-10-6(14)8(16)11(24(19,20)21)9(17)7(10)15/h4-5H2,1-3H3,(H,19,20,21). The first kappa shape index (κ1) is 20.2. The Morgan fingerprint density at radius 3 is 1.92 bits per heavy atom. The lowest BCUT2D eigenvalue weighted by Crippen LogP contribution is -2.27. The molecule has 0 unspecified atom stereocenters. The minimum Gasteiger partial charge on any atom is -0.451 e. The van der Waals surface area contributed by atoms with Gasteiger partial charge in [-0.1, -0.05) is 6.92 Å². The molecule has 11 heteroatoms. The monoisotopic (exact) mass is 374 g/mol. The average Bonchev–Trinajstić information content (AvgIpc) is 2.47. The molecule has 0 heterocycles. The molecule has 1 rings (SSSR count). The Morgan fingerprint density at radius 2 is 1.54 bits per heavy atom. The van der Waals surface area contributed by atoms with E-state index in [1.165, 1.54) is 13.8 Å². The van der Waals surface area contributed by atoms with Gasteiger partial charge in [0.05, 0.1) is 5.41 Å². The summed E-state index contributed by atoms with van der Waals surface area (Å²) in [7, 11) is -5.55. The van der Waals surface area contributed by atoms with Crippen molar-refractivity contribution in [3.05, 3.63) is 23.3 Å². The third-order valence-electron chi connectivity index (χ3n) is 3.27. The van der Waals surface area contributed by atoms with Gasteiger partial charge in [0.2, 0.25) is 24.2 Å². The molecule has 24 heavy (non-hydrogen) atoms. The number of hydrogen-bond acceptors (Lipinski definition) is 5. The van der Waals surface area contributed by atoms with Crippen LogP contribution in [0.4, 0.5) is 17.6 Å². The highest BCUT2D eigenvalue weighted by atomic mass is 32.2. The third kappa shape index (κ3) is 3.96. The van der Waals surface area contributed by atoms with Crippen LogP contribution in [0.5, 0.6) is 5.75 Å². The van der Waals surface area contributed by atoms with Crippen LogP contribution in [0.25, 0.3) is 0 Å². The van der Waals surface area contributed by atoms with E-state index in [0.29, 0.717) is 6.42 Å². The lowest BCUT2D eigenvalue weighted by atomic mass is 9.91. The predicted molar refractivity (Wildman–Crippen MR) is 71.7 cm³/mol. The molecule has 136 valence electrons. The van der Waals surface area contributed by atoms with Gasteiger partial charge in [0, 0.05) is 0 Å². The highest BCUT2D eigenvalue weighted by molar-refractivity contribution is 7.85. The molecule has 0 saturated carbocycles. The minimum absolute atomic E-state index is 0.376. The zero-order chi connectivity index (χ0) is 18.9. The van der Waals surface area contributed by atoms with E-state index < -0.39 is 62.2 Å². The Morgan fingerprint density at radius 1 is 1.08 bits per heavy atom. The van der Waals surface area contributed by atoms with Gasteiger partial charge in [0.15, 0.2) is 16.5 Å². The maximum Gasteiger partial charge on any atom is 0.314 e.